The highest BCUT2D eigenvalue weighted by Gasteiger charge is 2.48. The van der Waals surface area contributed by atoms with E-state index >= 15 is 8.78 Å². The van der Waals surface area contributed by atoms with E-state index < -0.39 is 49.6 Å². The van der Waals surface area contributed by atoms with Crippen LogP contribution in [0.2, 0.25) is 0 Å². The maximum atomic E-state index is 15.1. The van der Waals surface area contributed by atoms with Crippen LogP contribution in [0.1, 0.15) is 42.3 Å². The zero-order valence-electron chi connectivity index (χ0n) is 24.7. The van der Waals surface area contributed by atoms with Crippen molar-refractivity contribution < 1.29 is 36.5 Å². The lowest BCUT2D eigenvalue weighted by atomic mass is 9.86. The summed E-state index contributed by atoms with van der Waals surface area (Å²) < 4.78 is 84.1. The quantitative estimate of drug-likeness (QED) is 0.156. The number of hydrogen-bond donors (Lipinski definition) is 2. The third kappa shape index (κ3) is 6.16. The molecule has 0 aromatic carbocycles. The number of nitrogens with one attached hydrogen (secondary N) is 1. The van der Waals surface area contributed by atoms with Gasteiger partial charge in [-0.3, -0.25) is 14.6 Å². The zero-order valence-corrected chi connectivity index (χ0v) is 24.7. The summed E-state index contributed by atoms with van der Waals surface area (Å²) in [5.41, 5.74) is 3.01. The van der Waals surface area contributed by atoms with E-state index in [4.69, 9.17) is 15.1 Å². The Kier molecular flexibility index (Phi) is 8.71. The van der Waals surface area contributed by atoms with E-state index in [2.05, 4.69) is 20.1 Å². The minimum Gasteiger partial charge on any atom is -0.479 e. The van der Waals surface area contributed by atoms with E-state index in [1.807, 2.05) is 6.92 Å². The van der Waals surface area contributed by atoms with Gasteiger partial charge >= 0.3 is 6.61 Å². The van der Waals surface area contributed by atoms with Crippen LogP contribution in [0, 0.1) is 24.2 Å². The molecule has 4 aromatic rings. The summed E-state index contributed by atoms with van der Waals surface area (Å²) in [7, 11) is 0. The van der Waals surface area contributed by atoms with Crippen molar-refractivity contribution in [1.82, 2.24) is 34.6 Å². The van der Waals surface area contributed by atoms with E-state index in [-0.39, 0.29) is 29.1 Å². The summed E-state index contributed by atoms with van der Waals surface area (Å²) in [5.74, 6) is -3.75. The van der Waals surface area contributed by atoms with Crippen molar-refractivity contribution in [2.75, 3.05) is 19.7 Å². The fraction of sp³-hybridized carbons (Fsp3) is 0.467. The molecule has 2 N–H and O–H groups in total. The number of hydrogen-bond acceptors (Lipinski definition) is 9. The van der Waals surface area contributed by atoms with Gasteiger partial charge in [0.1, 0.15) is 5.82 Å². The molecule has 11 nitrogen and oxygen atoms in total. The number of halogens is 5. The van der Waals surface area contributed by atoms with E-state index in [9.17, 15) is 18.3 Å². The Labute approximate surface area is 260 Å². The number of aliphatic hydroxyl groups excluding tert-OH is 1. The van der Waals surface area contributed by atoms with Crippen molar-refractivity contribution in [1.29, 1.82) is 5.26 Å². The first-order chi connectivity index (χ1) is 22.1. The molecule has 6 rings (SSSR count). The Hall–Kier alpha value is -4.49. The first kappa shape index (κ1) is 31.5. The van der Waals surface area contributed by atoms with Gasteiger partial charge < -0.3 is 19.9 Å². The summed E-state index contributed by atoms with van der Waals surface area (Å²) >= 11 is 0. The van der Waals surface area contributed by atoms with Gasteiger partial charge in [-0.25, -0.2) is 17.7 Å². The maximum Gasteiger partial charge on any atom is 0.387 e. The molecule has 0 bridgehead atoms. The van der Waals surface area contributed by atoms with Crippen LogP contribution >= 0.6 is 0 Å². The van der Waals surface area contributed by atoms with Crippen molar-refractivity contribution in [3.63, 3.8) is 0 Å². The minimum atomic E-state index is -3.14. The molecule has 1 aliphatic carbocycles. The second kappa shape index (κ2) is 12.7. The van der Waals surface area contributed by atoms with E-state index in [0.29, 0.717) is 43.7 Å². The van der Waals surface area contributed by atoms with Gasteiger partial charge in [0.2, 0.25) is 0 Å². The topological polar surface area (TPSA) is 126 Å². The van der Waals surface area contributed by atoms with Crippen LogP contribution in [-0.2, 0) is 13.0 Å². The van der Waals surface area contributed by atoms with Gasteiger partial charge in [-0.2, -0.15) is 24.2 Å². The van der Waals surface area contributed by atoms with E-state index in [1.54, 1.807) is 28.0 Å². The third-order valence-electron chi connectivity index (χ3n) is 8.61. The molecule has 244 valence electrons. The average Bonchev–Trinajstić information content (AvgIpc) is 3.48. The number of ether oxygens (including phenoxy) is 2. The van der Waals surface area contributed by atoms with Gasteiger partial charge in [-0.15, -0.1) is 0 Å². The molecule has 5 heterocycles. The fourth-order valence-electron chi connectivity index (χ4n) is 6.44. The molecular weight excluding hydrogens is 615 g/mol. The summed E-state index contributed by atoms with van der Waals surface area (Å²) in [6.45, 7) is -0.707. The number of aromatic nitrogens is 5. The van der Waals surface area contributed by atoms with Crippen molar-refractivity contribution in [2.24, 2.45) is 0 Å². The van der Waals surface area contributed by atoms with Gasteiger partial charge in [0.15, 0.2) is 29.3 Å². The molecule has 0 spiro atoms. The number of alkyl halides is 4. The van der Waals surface area contributed by atoms with Crippen LogP contribution < -0.4 is 14.8 Å². The molecule has 1 saturated carbocycles. The molecule has 3 unspecified atom stereocenters. The highest BCUT2D eigenvalue weighted by Crippen LogP contribution is 2.39. The Bertz CT molecular complexity index is 1740. The molecule has 3 atom stereocenters. The fourth-order valence-corrected chi connectivity index (χ4v) is 6.44. The summed E-state index contributed by atoms with van der Waals surface area (Å²) in [4.78, 5) is 5.78. The standard InChI is InChI=1S/C30H31F5N8O3/c1-17-22-6-7-41(26-5-3-20(38-16-36)11-30(26,34)35)8-9-42(22)40-27(17)18-10-23(28-24(46-29(32)33)13-39-43(28)14-18)45-25(15-44)21-4-2-19(31)12-37-21/h2,4,10,12-14,20,25-26,29,38,44H,3,5-9,11,15H2,1H3. The summed E-state index contributed by atoms with van der Waals surface area (Å²) in [5, 5.41) is 30.4. The molecule has 0 radical (unpaired) electrons. The highest BCUT2D eigenvalue weighted by molar-refractivity contribution is 5.75. The molecule has 46 heavy (non-hydrogen) atoms. The van der Waals surface area contributed by atoms with Gasteiger partial charge in [0, 0.05) is 49.4 Å². The first-order valence-corrected chi connectivity index (χ1v) is 14.8. The van der Waals surface area contributed by atoms with E-state index in [1.165, 1.54) is 10.6 Å². The minimum absolute atomic E-state index is 0.0355. The Balaban J connectivity index is 1.30. The number of aliphatic hydroxyl groups is 1. The largest absolute Gasteiger partial charge is 0.479 e. The van der Waals surface area contributed by atoms with Gasteiger partial charge in [0.25, 0.3) is 5.92 Å². The van der Waals surface area contributed by atoms with Gasteiger partial charge in [-0.05, 0) is 43.5 Å². The maximum absolute atomic E-state index is 15.1. The number of fused-ring (bicyclic) bond motifs is 2. The number of pyridine rings is 2. The van der Waals surface area contributed by atoms with Crippen LogP contribution in [-0.4, -0.2) is 78.7 Å². The third-order valence-corrected chi connectivity index (χ3v) is 8.61. The van der Waals surface area contributed by atoms with Crippen molar-refractivity contribution in [3.8, 4) is 28.9 Å². The lowest BCUT2D eigenvalue weighted by Gasteiger charge is -2.41. The highest BCUT2D eigenvalue weighted by atomic mass is 19.3. The molecular formula is C30H31F5N8O3. The van der Waals surface area contributed by atoms with Crippen LogP contribution in [0.25, 0.3) is 16.8 Å². The number of nitriles is 1. The lowest BCUT2D eigenvalue weighted by Crippen LogP contribution is -2.54. The predicted molar refractivity (Wildman–Crippen MR) is 153 cm³/mol. The van der Waals surface area contributed by atoms with Crippen LogP contribution in [0.15, 0.2) is 36.8 Å². The normalized spacial score (nSPS) is 20.6. The molecule has 1 fully saturated rings. The monoisotopic (exact) mass is 646 g/mol. The average molecular weight is 647 g/mol. The van der Waals surface area contributed by atoms with Crippen molar-refractivity contribution >= 4 is 5.52 Å². The Morgan fingerprint density at radius 2 is 1.98 bits per heavy atom. The van der Waals surface area contributed by atoms with Gasteiger partial charge in [0.05, 0.1) is 43.0 Å². The molecule has 16 heteroatoms. The first-order valence-electron chi connectivity index (χ1n) is 14.8. The van der Waals surface area contributed by atoms with Crippen LogP contribution in [0.4, 0.5) is 22.0 Å². The summed E-state index contributed by atoms with van der Waals surface area (Å²) in [6.07, 6.45) is 5.19. The lowest BCUT2D eigenvalue weighted by molar-refractivity contribution is -0.112. The second-order valence-electron chi connectivity index (χ2n) is 11.4. The molecule has 0 amide bonds. The Morgan fingerprint density at radius 1 is 1.15 bits per heavy atom. The Morgan fingerprint density at radius 3 is 2.67 bits per heavy atom. The van der Waals surface area contributed by atoms with Gasteiger partial charge in [-0.1, -0.05) is 0 Å². The van der Waals surface area contributed by atoms with Crippen LogP contribution in [0.3, 0.4) is 0 Å². The molecule has 4 aromatic heterocycles. The SMILES string of the molecule is Cc1c(-c2cc(OC(CO)c3ccc(F)cn3)c3c(OC(F)F)cnn3c2)nn2c1CCN(C1CCC(NC#N)CC1(F)F)CC2. The number of nitrogens with zero attached hydrogens (tertiary/aromatic N) is 7. The number of rotatable bonds is 9. The van der Waals surface area contributed by atoms with Crippen molar-refractivity contribution in [2.45, 2.75) is 69.9 Å². The van der Waals surface area contributed by atoms with Crippen LogP contribution in [0.5, 0.6) is 11.5 Å². The smallest absolute Gasteiger partial charge is 0.387 e. The predicted octanol–water partition coefficient (Wildman–Crippen LogP) is 4.24. The molecule has 1 aliphatic heterocycles. The molecule has 2 aliphatic rings. The zero-order chi connectivity index (χ0) is 32.6. The summed E-state index contributed by atoms with van der Waals surface area (Å²) in [6, 6.07) is 2.59. The van der Waals surface area contributed by atoms with E-state index in [0.717, 1.165) is 29.7 Å². The second-order valence-corrected chi connectivity index (χ2v) is 11.4. The van der Waals surface area contributed by atoms with Crippen molar-refractivity contribution in [3.05, 3.63) is 59.6 Å². The molecule has 0 saturated heterocycles.